The van der Waals surface area contributed by atoms with Gasteiger partial charge in [0.25, 0.3) is 0 Å². The zero-order valence-electron chi connectivity index (χ0n) is 12.3. The van der Waals surface area contributed by atoms with E-state index in [-0.39, 0.29) is 0 Å². The molecule has 3 rings (SSSR count). The summed E-state index contributed by atoms with van der Waals surface area (Å²) < 4.78 is 0. The minimum atomic E-state index is 0.739. The van der Waals surface area contributed by atoms with Crippen LogP contribution >= 0.6 is 11.8 Å². The van der Waals surface area contributed by atoms with Crippen LogP contribution in [0.1, 0.15) is 32.1 Å². The van der Waals surface area contributed by atoms with E-state index in [2.05, 4.69) is 32.1 Å². The van der Waals surface area contributed by atoms with Crippen molar-refractivity contribution < 1.29 is 0 Å². The summed E-state index contributed by atoms with van der Waals surface area (Å²) in [6.07, 6.45) is 10.5. The molecule has 110 valence electrons. The zero-order valence-corrected chi connectivity index (χ0v) is 13.1. The molecule has 0 bridgehead atoms. The molecule has 1 unspecified atom stereocenters. The van der Waals surface area contributed by atoms with Crippen molar-refractivity contribution in [2.24, 2.45) is 0 Å². The number of anilines is 2. The van der Waals surface area contributed by atoms with Gasteiger partial charge in [-0.15, -0.1) is 0 Å². The van der Waals surface area contributed by atoms with Crippen LogP contribution in [0.15, 0.2) is 12.4 Å². The van der Waals surface area contributed by atoms with Gasteiger partial charge < -0.3 is 9.80 Å². The minimum absolute atomic E-state index is 0.739. The molecule has 2 fully saturated rings. The second kappa shape index (κ2) is 6.66. The fourth-order valence-corrected chi connectivity index (χ4v) is 3.86. The average Bonchev–Trinajstić information content (AvgIpc) is 2.92. The highest BCUT2D eigenvalue weighted by molar-refractivity contribution is 7.99. The molecule has 0 amide bonds. The Morgan fingerprint density at radius 2 is 1.65 bits per heavy atom. The first-order valence-corrected chi connectivity index (χ1v) is 9.00. The topological polar surface area (TPSA) is 32.3 Å². The third kappa shape index (κ3) is 3.19. The Bertz CT molecular complexity index is 434. The molecule has 5 heteroatoms. The predicted molar refractivity (Wildman–Crippen MR) is 86.8 cm³/mol. The van der Waals surface area contributed by atoms with Gasteiger partial charge in [0.05, 0.1) is 0 Å². The maximum Gasteiger partial charge on any atom is 0.134 e. The number of aromatic nitrogens is 2. The highest BCUT2D eigenvalue weighted by Gasteiger charge is 2.20. The molecule has 2 saturated heterocycles. The van der Waals surface area contributed by atoms with E-state index < -0.39 is 0 Å². The molecule has 1 aromatic heterocycles. The van der Waals surface area contributed by atoms with E-state index in [9.17, 15) is 0 Å². The van der Waals surface area contributed by atoms with Crippen LogP contribution in [-0.4, -0.2) is 47.7 Å². The first-order valence-electron chi connectivity index (χ1n) is 7.71. The van der Waals surface area contributed by atoms with E-state index in [0.717, 1.165) is 43.1 Å². The molecule has 0 spiro atoms. The van der Waals surface area contributed by atoms with Crippen LogP contribution in [0.2, 0.25) is 0 Å². The Hall–Kier alpha value is -0.970. The van der Waals surface area contributed by atoms with Crippen molar-refractivity contribution in [3.63, 3.8) is 0 Å². The third-order valence-electron chi connectivity index (χ3n) is 4.35. The number of nitrogens with zero attached hydrogens (tertiary/aromatic N) is 4. The maximum absolute atomic E-state index is 4.52. The summed E-state index contributed by atoms with van der Waals surface area (Å²) in [4.78, 5) is 13.8. The molecular formula is C15H24N4S. The van der Waals surface area contributed by atoms with Gasteiger partial charge in [0.2, 0.25) is 0 Å². The van der Waals surface area contributed by atoms with Crippen molar-refractivity contribution in [2.45, 2.75) is 37.4 Å². The lowest BCUT2D eigenvalue weighted by atomic mass is 10.2. The molecule has 0 radical (unpaired) electrons. The molecule has 4 nitrogen and oxygen atoms in total. The second-order valence-corrected chi connectivity index (χ2v) is 6.87. The van der Waals surface area contributed by atoms with Gasteiger partial charge in [-0.1, -0.05) is 6.42 Å². The van der Waals surface area contributed by atoms with E-state index in [1.165, 1.54) is 32.1 Å². The van der Waals surface area contributed by atoms with E-state index in [0.29, 0.717) is 0 Å². The van der Waals surface area contributed by atoms with E-state index in [1.54, 1.807) is 6.33 Å². The molecule has 2 aliphatic rings. The van der Waals surface area contributed by atoms with Crippen LogP contribution in [0.5, 0.6) is 0 Å². The summed E-state index contributed by atoms with van der Waals surface area (Å²) in [6, 6.07) is 2.19. The zero-order chi connectivity index (χ0) is 13.8. The second-order valence-electron chi connectivity index (χ2n) is 5.73. The molecule has 1 atom stereocenters. The van der Waals surface area contributed by atoms with Crippen molar-refractivity contribution >= 4 is 23.4 Å². The van der Waals surface area contributed by atoms with Crippen LogP contribution in [0.25, 0.3) is 0 Å². The first kappa shape index (κ1) is 14.0. The van der Waals surface area contributed by atoms with Crippen molar-refractivity contribution in [3.05, 3.63) is 12.4 Å². The number of thioether (sulfide) groups is 1. The molecule has 0 aliphatic carbocycles. The van der Waals surface area contributed by atoms with Gasteiger partial charge in [-0.05, 0) is 31.9 Å². The normalized spacial score (nSPS) is 23.9. The maximum atomic E-state index is 4.52. The Morgan fingerprint density at radius 3 is 2.40 bits per heavy atom. The molecule has 2 aliphatic heterocycles. The standard InChI is InChI=1S/C15H24N4S/c1-20-13-6-2-3-9-19(11-13)15-10-14(16-12-17-15)18-7-4-5-8-18/h10,12-13H,2-9,11H2,1H3. The third-order valence-corrected chi connectivity index (χ3v) is 5.41. The van der Waals surface area contributed by atoms with Crippen molar-refractivity contribution in [3.8, 4) is 0 Å². The van der Waals surface area contributed by atoms with Crippen molar-refractivity contribution in [1.82, 2.24) is 9.97 Å². The SMILES string of the molecule is CSC1CCCCN(c2cc(N3CCCC3)ncn2)C1. The van der Waals surface area contributed by atoms with Gasteiger partial charge in [-0.2, -0.15) is 11.8 Å². The quantitative estimate of drug-likeness (QED) is 0.855. The molecule has 0 N–H and O–H groups in total. The van der Waals surface area contributed by atoms with Gasteiger partial charge in [0.15, 0.2) is 0 Å². The highest BCUT2D eigenvalue weighted by atomic mass is 32.2. The Balaban J connectivity index is 1.76. The van der Waals surface area contributed by atoms with Crippen molar-refractivity contribution in [2.75, 3.05) is 42.2 Å². The Kier molecular flexibility index (Phi) is 4.65. The summed E-state index contributed by atoms with van der Waals surface area (Å²) in [6.45, 7) is 4.54. The fourth-order valence-electron chi connectivity index (χ4n) is 3.13. The van der Waals surface area contributed by atoms with Gasteiger partial charge in [0.1, 0.15) is 18.0 Å². The Labute approximate surface area is 126 Å². The van der Waals surface area contributed by atoms with E-state index in [1.807, 2.05) is 11.8 Å². The Morgan fingerprint density at radius 1 is 1.00 bits per heavy atom. The average molecular weight is 292 g/mol. The van der Waals surface area contributed by atoms with Gasteiger partial charge in [-0.3, -0.25) is 0 Å². The number of rotatable bonds is 3. The molecule has 3 heterocycles. The van der Waals surface area contributed by atoms with Crippen LogP contribution < -0.4 is 9.80 Å². The lowest BCUT2D eigenvalue weighted by Gasteiger charge is -2.25. The molecule has 1 aromatic rings. The summed E-state index contributed by atoms with van der Waals surface area (Å²) in [5.41, 5.74) is 0. The molecular weight excluding hydrogens is 268 g/mol. The first-order chi connectivity index (χ1) is 9.86. The summed E-state index contributed by atoms with van der Waals surface area (Å²) in [5, 5.41) is 0.739. The van der Waals surface area contributed by atoms with Crippen LogP contribution in [0, 0.1) is 0 Å². The lowest BCUT2D eigenvalue weighted by molar-refractivity contribution is 0.736. The lowest BCUT2D eigenvalue weighted by Crippen LogP contribution is -2.30. The number of hydrogen-bond donors (Lipinski definition) is 0. The van der Waals surface area contributed by atoms with Crippen LogP contribution in [0.4, 0.5) is 11.6 Å². The minimum Gasteiger partial charge on any atom is -0.356 e. The van der Waals surface area contributed by atoms with E-state index in [4.69, 9.17) is 0 Å². The van der Waals surface area contributed by atoms with Crippen molar-refractivity contribution in [1.29, 1.82) is 0 Å². The summed E-state index contributed by atoms with van der Waals surface area (Å²) in [5.74, 6) is 2.22. The number of hydrogen-bond acceptors (Lipinski definition) is 5. The van der Waals surface area contributed by atoms with Crippen LogP contribution in [0.3, 0.4) is 0 Å². The smallest absolute Gasteiger partial charge is 0.134 e. The van der Waals surface area contributed by atoms with E-state index >= 15 is 0 Å². The summed E-state index contributed by atoms with van der Waals surface area (Å²) in [7, 11) is 0. The molecule has 20 heavy (non-hydrogen) atoms. The van der Waals surface area contributed by atoms with Gasteiger partial charge in [-0.25, -0.2) is 9.97 Å². The molecule has 0 saturated carbocycles. The largest absolute Gasteiger partial charge is 0.356 e. The molecule has 0 aromatic carbocycles. The summed E-state index contributed by atoms with van der Waals surface area (Å²) >= 11 is 1.99. The van der Waals surface area contributed by atoms with Gasteiger partial charge >= 0.3 is 0 Å². The fraction of sp³-hybridized carbons (Fsp3) is 0.733. The highest BCUT2D eigenvalue weighted by Crippen LogP contribution is 2.26. The van der Waals surface area contributed by atoms with Gasteiger partial charge in [0, 0.05) is 37.5 Å². The monoisotopic (exact) mass is 292 g/mol. The predicted octanol–water partition coefficient (Wildman–Crippen LogP) is 2.80. The van der Waals surface area contributed by atoms with Crippen LogP contribution in [-0.2, 0) is 0 Å².